The Labute approximate surface area is 96.5 Å². The number of halogens is 2. The molecule has 6 heteroatoms. The molecule has 0 bridgehead atoms. The summed E-state index contributed by atoms with van der Waals surface area (Å²) in [6.45, 7) is 1.81. The highest BCUT2D eigenvalue weighted by atomic mass is 79.9. The molecule has 0 radical (unpaired) electrons. The van der Waals surface area contributed by atoms with Crippen molar-refractivity contribution in [3.63, 3.8) is 0 Å². The number of pyridine rings is 1. The Hall–Kier alpha value is -0.130. The van der Waals surface area contributed by atoms with Gasteiger partial charge < -0.3 is 0 Å². The summed E-state index contributed by atoms with van der Waals surface area (Å²) in [5.74, 6) is -0.0198. The first-order chi connectivity index (χ1) is 6.49. The van der Waals surface area contributed by atoms with Crippen molar-refractivity contribution in [3.05, 3.63) is 22.3 Å². The Morgan fingerprint density at radius 3 is 2.79 bits per heavy atom. The highest BCUT2D eigenvalue weighted by molar-refractivity contribution is 9.10. The lowest BCUT2D eigenvalue weighted by atomic mass is 10.3. The van der Waals surface area contributed by atoms with Crippen LogP contribution < -0.4 is 0 Å². The van der Waals surface area contributed by atoms with Gasteiger partial charge in [-0.15, -0.1) is 11.6 Å². The molecule has 0 aliphatic carbocycles. The van der Waals surface area contributed by atoms with Crippen LogP contribution in [0.3, 0.4) is 0 Å². The van der Waals surface area contributed by atoms with Crippen molar-refractivity contribution in [2.45, 2.75) is 11.9 Å². The van der Waals surface area contributed by atoms with Gasteiger partial charge in [0.25, 0.3) is 0 Å². The Balaban J connectivity index is 3.27. The van der Waals surface area contributed by atoms with Crippen molar-refractivity contribution in [1.29, 1.82) is 0 Å². The maximum absolute atomic E-state index is 11.6. The summed E-state index contributed by atoms with van der Waals surface area (Å²) in [7, 11) is -3.35. The van der Waals surface area contributed by atoms with Crippen molar-refractivity contribution < 1.29 is 8.42 Å². The van der Waals surface area contributed by atoms with Crippen LogP contribution >= 0.6 is 27.5 Å². The van der Waals surface area contributed by atoms with Crippen molar-refractivity contribution in [1.82, 2.24) is 4.98 Å². The number of rotatable bonds is 3. The lowest BCUT2D eigenvalue weighted by Crippen LogP contribution is -2.11. The summed E-state index contributed by atoms with van der Waals surface area (Å²) in [5.41, 5.74) is 0.841. The molecule has 0 aliphatic heterocycles. The second-order valence-corrected chi connectivity index (χ2v) is 5.95. The van der Waals surface area contributed by atoms with Gasteiger partial charge in [-0.25, -0.2) is 13.4 Å². The molecule has 0 amide bonds. The highest BCUT2D eigenvalue weighted by Crippen LogP contribution is 2.23. The molecule has 1 aromatic heterocycles. The number of nitrogens with zero attached hydrogens (tertiary/aromatic N) is 1. The maximum Gasteiger partial charge on any atom is 0.197 e. The molecule has 3 nitrogen and oxygen atoms in total. The van der Waals surface area contributed by atoms with E-state index in [9.17, 15) is 8.42 Å². The van der Waals surface area contributed by atoms with Crippen LogP contribution in [0, 0.1) is 6.92 Å². The summed E-state index contributed by atoms with van der Waals surface area (Å²) in [6.07, 6.45) is 1.47. The molecule has 0 unspecified atom stereocenters. The first-order valence-corrected chi connectivity index (χ1v) is 6.87. The summed E-state index contributed by atoms with van der Waals surface area (Å²) >= 11 is 8.61. The summed E-state index contributed by atoms with van der Waals surface area (Å²) in [4.78, 5) is 3.84. The third-order valence-corrected chi connectivity index (χ3v) is 5.01. The minimum Gasteiger partial charge on any atom is -0.244 e. The van der Waals surface area contributed by atoms with Crippen LogP contribution in [0.5, 0.6) is 0 Å². The molecule has 0 atom stereocenters. The van der Waals surface area contributed by atoms with Gasteiger partial charge in [0.15, 0.2) is 14.9 Å². The van der Waals surface area contributed by atoms with Crippen LogP contribution in [0.4, 0.5) is 0 Å². The first-order valence-electron chi connectivity index (χ1n) is 3.89. The van der Waals surface area contributed by atoms with Gasteiger partial charge in [0, 0.05) is 12.1 Å². The zero-order chi connectivity index (χ0) is 10.8. The predicted molar refractivity (Wildman–Crippen MR) is 59.4 cm³/mol. The standard InChI is InChI=1S/C8H9BrClNO2S/c1-6-2-4-11-8(7(6)9)14(12,13)5-3-10/h2,4H,3,5H2,1H3. The van der Waals surface area contributed by atoms with E-state index in [-0.39, 0.29) is 16.7 Å². The smallest absolute Gasteiger partial charge is 0.197 e. The fraction of sp³-hybridized carbons (Fsp3) is 0.375. The molecule has 1 heterocycles. The number of aromatic nitrogens is 1. The number of aryl methyl sites for hydroxylation is 1. The quantitative estimate of drug-likeness (QED) is 0.804. The zero-order valence-electron chi connectivity index (χ0n) is 7.50. The first kappa shape index (κ1) is 11.9. The molecule has 1 aromatic rings. The minimum absolute atomic E-state index is 0.0677. The van der Waals surface area contributed by atoms with E-state index in [0.29, 0.717) is 4.47 Å². The molecule has 14 heavy (non-hydrogen) atoms. The van der Waals surface area contributed by atoms with E-state index in [2.05, 4.69) is 20.9 Å². The molecular weight excluding hydrogens is 290 g/mol. The van der Waals surface area contributed by atoms with Gasteiger partial charge >= 0.3 is 0 Å². The topological polar surface area (TPSA) is 47.0 Å². The van der Waals surface area contributed by atoms with E-state index in [1.54, 1.807) is 6.07 Å². The van der Waals surface area contributed by atoms with Crippen molar-refractivity contribution >= 4 is 37.4 Å². The summed E-state index contributed by atoms with van der Waals surface area (Å²) in [6, 6.07) is 1.74. The van der Waals surface area contributed by atoms with Gasteiger partial charge in [0.1, 0.15) is 0 Å². The van der Waals surface area contributed by atoms with Crippen LogP contribution in [0.1, 0.15) is 5.56 Å². The molecule has 0 aliphatic rings. The molecule has 0 saturated heterocycles. The Bertz CT molecular complexity index is 433. The zero-order valence-corrected chi connectivity index (χ0v) is 10.7. The molecule has 0 fully saturated rings. The Morgan fingerprint density at radius 2 is 2.21 bits per heavy atom. The molecule has 0 N–H and O–H groups in total. The molecular formula is C8H9BrClNO2S. The van der Waals surface area contributed by atoms with Gasteiger partial charge in [-0.2, -0.15) is 0 Å². The van der Waals surface area contributed by atoms with Gasteiger partial charge in [0.2, 0.25) is 0 Å². The van der Waals surface area contributed by atoms with Crippen LogP contribution in [0.25, 0.3) is 0 Å². The average molecular weight is 299 g/mol. The molecule has 78 valence electrons. The van der Waals surface area contributed by atoms with Crippen molar-refractivity contribution in [2.24, 2.45) is 0 Å². The summed E-state index contributed by atoms with van der Waals surface area (Å²) < 4.78 is 23.8. The van der Waals surface area contributed by atoms with E-state index >= 15 is 0 Å². The van der Waals surface area contributed by atoms with Gasteiger partial charge in [0.05, 0.1) is 10.2 Å². The fourth-order valence-electron chi connectivity index (χ4n) is 0.930. The number of alkyl halides is 1. The maximum atomic E-state index is 11.6. The molecule has 0 saturated carbocycles. The lowest BCUT2D eigenvalue weighted by molar-refractivity contribution is 0.593. The number of sulfone groups is 1. The fourth-order valence-corrected chi connectivity index (χ4v) is 3.57. The lowest BCUT2D eigenvalue weighted by Gasteiger charge is -2.05. The van der Waals surface area contributed by atoms with Gasteiger partial charge in [-0.3, -0.25) is 0 Å². The van der Waals surface area contributed by atoms with E-state index < -0.39 is 9.84 Å². The molecule has 0 aromatic carbocycles. The summed E-state index contributed by atoms with van der Waals surface area (Å²) in [5, 5.41) is 0.0677. The minimum atomic E-state index is -3.35. The van der Waals surface area contributed by atoms with Gasteiger partial charge in [-0.05, 0) is 34.5 Å². The predicted octanol–water partition coefficient (Wildman–Crippen LogP) is 2.17. The Kier molecular flexibility index (Phi) is 3.92. The number of hydrogen-bond donors (Lipinski definition) is 0. The van der Waals surface area contributed by atoms with E-state index in [4.69, 9.17) is 11.6 Å². The van der Waals surface area contributed by atoms with Gasteiger partial charge in [-0.1, -0.05) is 0 Å². The van der Waals surface area contributed by atoms with Crippen molar-refractivity contribution in [3.8, 4) is 0 Å². The monoisotopic (exact) mass is 297 g/mol. The SMILES string of the molecule is Cc1ccnc(S(=O)(=O)CCCl)c1Br. The molecule has 0 spiro atoms. The van der Waals surface area contributed by atoms with Crippen LogP contribution in [0.15, 0.2) is 21.8 Å². The largest absolute Gasteiger partial charge is 0.244 e. The van der Waals surface area contributed by atoms with Crippen LogP contribution in [0.2, 0.25) is 0 Å². The third-order valence-electron chi connectivity index (χ3n) is 1.69. The second kappa shape index (κ2) is 4.59. The average Bonchev–Trinajstić information content (AvgIpc) is 2.09. The van der Waals surface area contributed by atoms with Crippen molar-refractivity contribution in [2.75, 3.05) is 11.6 Å². The van der Waals surface area contributed by atoms with Crippen LogP contribution in [-0.4, -0.2) is 25.0 Å². The third kappa shape index (κ3) is 2.46. The normalized spacial score (nSPS) is 11.6. The Morgan fingerprint density at radius 1 is 1.57 bits per heavy atom. The van der Waals surface area contributed by atoms with E-state index in [1.807, 2.05) is 6.92 Å². The molecule has 1 rings (SSSR count). The van der Waals surface area contributed by atoms with E-state index in [1.165, 1.54) is 6.20 Å². The van der Waals surface area contributed by atoms with Crippen LogP contribution in [-0.2, 0) is 9.84 Å². The number of hydrogen-bond acceptors (Lipinski definition) is 3. The second-order valence-electron chi connectivity index (χ2n) is 2.75. The highest BCUT2D eigenvalue weighted by Gasteiger charge is 2.19. The van der Waals surface area contributed by atoms with E-state index in [0.717, 1.165) is 5.56 Å².